The van der Waals surface area contributed by atoms with Crippen LogP contribution in [0.2, 0.25) is 0 Å². The van der Waals surface area contributed by atoms with Gasteiger partial charge in [0.25, 0.3) is 11.2 Å². The molecular formula is C30H34N6O8. The van der Waals surface area contributed by atoms with Gasteiger partial charge in [0, 0.05) is 24.2 Å². The highest BCUT2D eigenvalue weighted by molar-refractivity contribution is 5.64. The molecule has 232 valence electrons. The van der Waals surface area contributed by atoms with Crippen LogP contribution < -0.4 is 11.2 Å². The Balaban J connectivity index is 1.41. The van der Waals surface area contributed by atoms with Gasteiger partial charge in [0.2, 0.25) is 0 Å². The highest BCUT2D eigenvalue weighted by Gasteiger charge is 2.36. The lowest BCUT2D eigenvalue weighted by molar-refractivity contribution is -0.386. The van der Waals surface area contributed by atoms with Gasteiger partial charge in [-0.25, -0.2) is 9.48 Å². The molecule has 5 rings (SSSR count). The number of hydrogen-bond donors (Lipinski definition) is 3. The van der Waals surface area contributed by atoms with Crippen LogP contribution in [-0.4, -0.2) is 58.5 Å². The van der Waals surface area contributed by atoms with Gasteiger partial charge in [-0.05, 0) is 17.0 Å². The van der Waals surface area contributed by atoms with Gasteiger partial charge in [-0.1, -0.05) is 62.4 Å². The zero-order valence-corrected chi connectivity index (χ0v) is 24.5. The summed E-state index contributed by atoms with van der Waals surface area (Å²) in [5.74, 6) is 0. The first-order chi connectivity index (χ1) is 20.9. The second kappa shape index (κ2) is 12.6. The number of aromatic nitrogens is 5. The number of H-pyrrole nitrogens is 1. The number of nitro benzene ring substituents is 1. The molecule has 4 aromatic rings. The minimum Gasteiger partial charge on any atom is -0.394 e. The molecule has 4 atom stereocenters. The van der Waals surface area contributed by atoms with Crippen LogP contribution in [-0.2, 0) is 22.6 Å². The van der Waals surface area contributed by atoms with E-state index in [1.807, 2.05) is 51.1 Å². The van der Waals surface area contributed by atoms with Crippen molar-refractivity contribution in [1.82, 2.24) is 24.5 Å². The molecule has 0 amide bonds. The van der Waals surface area contributed by atoms with Gasteiger partial charge >= 0.3 is 5.69 Å². The minimum atomic E-state index is -0.981. The Bertz CT molecular complexity index is 1740. The number of nitrogens with zero attached hydrogens (tertiary/aromatic N) is 5. The van der Waals surface area contributed by atoms with Crippen molar-refractivity contribution in [2.24, 2.45) is 5.41 Å². The lowest BCUT2D eigenvalue weighted by atomic mass is 9.83. The van der Waals surface area contributed by atoms with Crippen LogP contribution in [0, 0.1) is 15.5 Å². The van der Waals surface area contributed by atoms with Crippen molar-refractivity contribution in [3.63, 3.8) is 0 Å². The fraction of sp³-hybridized carbons (Fsp3) is 0.400. The molecule has 0 bridgehead atoms. The highest BCUT2D eigenvalue weighted by Crippen LogP contribution is 2.42. The van der Waals surface area contributed by atoms with Crippen LogP contribution in [0.25, 0.3) is 11.3 Å². The Morgan fingerprint density at radius 2 is 1.93 bits per heavy atom. The van der Waals surface area contributed by atoms with Crippen LogP contribution in [0.4, 0.5) is 5.69 Å². The fourth-order valence-corrected chi connectivity index (χ4v) is 5.23. The van der Waals surface area contributed by atoms with Gasteiger partial charge < -0.3 is 19.7 Å². The largest absolute Gasteiger partial charge is 0.394 e. The SMILES string of the molecule is CC(C)(C)C(OCc1cn([C@H]2CC(O)[C@@H](CO)O2)c(=O)[nH]c1=O)c1ccc(-c2cn(Cc3ccccc3)nn2)cc1[N+](=O)[O-]. The van der Waals surface area contributed by atoms with E-state index in [1.54, 1.807) is 23.0 Å². The van der Waals surface area contributed by atoms with Gasteiger partial charge in [0.15, 0.2) is 0 Å². The Morgan fingerprint density at radius 3 is 2.59 bits per heavy atom. The summed E-state index contributed by atoms with van der Waals surface area (Å²) in [4.78, 5) is 39.2. The molecule has 3 heterocycles. The number of aliphatic hydroxyl groups excluding tert-OH is 2. The Morgan fingerprint density at radius 1 is 1.18 bits per heavy atom. The summed E-state index contributed by atoms with van der Waals surface area (Å²) in [7, 11) is 0. The molecule has 2 aromatic carbocycles. The first kappa shape index (κ1) is 30.9. The van der Waals surface area contributed by atoms with Gasteiger partial charge in [-0.15, -0.1) is 5.10 Å². The normalized spacial score (nSPS) is 19.2. The van der Waals surface area contributed by atoms with Crippen molar-refractivity contribution in [2.75, 3.05) is 6.61 Å². The maximum atomic E-state index is 12.7. The molecule has 1 aliphatic rings. The molecular weight excluding hydrogens is 572 g/mol. The third kappa shape index (κ3) is 6.68. The predicted octanol–water partition coefficient (Wildman–Crippen LogP) is 2.70. The number of hydrogen-bond acceptors (Lipinski definition) is 10. The zero-order valence-electron chi connectivity index (χ0n) is 24.5. The van der Waals surface area contributed by atoms with Crippen molar-refractivity contribution in [2.45, 2.75) is 64.9 Å². The second-order valence-electron chi connectivity index (χ2n) is 11.8. The molecule has 1 saturated heterocycles. The van der Waals surface area contributed by atoms with E-state index in [-0.39, 0.29) is 24.3 Å². The van der Waals surface area contributed by atoms with E-state index in [4.69, 9.17) is 9.47 Å². The summed E-state index contributed by atoms with van der Waals surface area (Å²) in [5.41, 5.74) is 0.165. The third-order valence-electron chi connectivity index (χ3n) is 7.46. The van der Waals surface area contributed by atoms with E-state index < -0.39 is 52.7 Å². The maximum absolute atomic E-state index is 12.7. The molecule has 14 heteroatoms. The molecule has 2 unspecified atom stereocenters. The van der Waals surface area contributed by atoms with Gasteiger partial charge in [-0.3, -0.25) is 24.5 Å². The Labute approximate surface area is 251 Å². The van der Waals surface area contributed by atoms with Crippen LogP contribution in [0.15, 0.2) is 70.5 Å². The zero-order chi connectivity index (χ0) is 31.6. The van der Waals surface area contributed by atoms with Crippen LogP contribution in [0.3, 0.4) is 0 Å². The summed E-state index contributed by atoms with van der Waals surface area (Å²) < 4.78 is 14.5. The second-order valence-corrected chi connectivity index (χ2v) is 11.8. The van der Waals surface area contributed by atoms with Crippen LogP contribution in [0.1, 0.15) is 56.2 Å². The number of benzene rings is 2. The average Bonchev–Trinajstić information content (AvgIpc) is 3.60. The van der Waals surface area contributed by atoms with E-state index in [9.17, 15) is 29.9 Å². The number of rotatable bonds is 10. The molecule has 14 nitrogen and oxygen atoms in total. The van der Waals surface area contributed by atoms with E-state index in [0.717, 1.165) is 10.1 Å². The first-order valence-corrected chi connectivity index (χ1v) is 14.1. The third-order valence-corrected chi connectivity index (χ3v) is 7.46. The fourth-order valence-electron chi connectivity index (χ4n) is 5.23. The molecule has 3 N–H and O–H groups in total. The van der Waals surface area contributed by atoms with Crippen molar-refractivity contribution in [3.8, 4) is 11.3 Å². The summed E-state index contributed by atoms with van der Waals surface area (Å²) >= 11 is 0. The van der Waals surface area contributed by atoms with Gasteiger partial charge in [0.1, 0.15) is 18.0 Å². The molecule has 44 heavy (non-hydrogen) atoms. The van der Waals surface area contributed by atoms with Crippen molar-refractivity contribution >= 4 is 5.69 Å². The van der Waals surface area contributed by atoms with E-state index in [1.165, 1.54) is 12.3 Å². The summed E-state index contributed by atoms with van der Waals surface area (Å²) in [6.07, 6.45) is -0.515. The smallest absolute Gasteiger partial charge is 0.330 e. The van der Waals surface area contributed by atoms with E-state index in [2.05, 4.69) is 15.3 Å². The standard InChI is InChI=1S/C30H34N6O8/c1-30(2,3)27(43-17-20-14-35(29(40)31-28(20)39)26-12-24(38)25(16-37)44-26)21-10-9-19(11-23(21)36(41)42)22-15-34(33-32-22)13-18-7-5-4-6-8-18/h4-11,14-15,24-27,37-38H,12-13,16-17H2,1-3H3,(H,31,39,40)/t24?,25-,26-,27?/m1/s1. The number of ether oxygens (including phenoxy) is 2. The maximum Gasteiger partial charge on any atom is 0.330 e. The number of nitro groups is 1. The van der Waals surface area contributed by atoms with Crippen molar-refractivity contribution in [3.05, 3.63) is 109 Å². The molecule has 0 saturated carbocycles. The number of aliphatic hydroxyl groups is 2. The number of aromatic amines is 1. The topological polar surface area (TPSA) is 188 Å². The quantitative estimate of drug-likeness (QED) is 0.179. The van der Waals surface area contributed by atoms with E-state index in [0.29, 0.717) is 23.4 Å². The molecule has 1 fully saturated rings. The molecule has 0 radical (unpaired) electrons. The Kier molecular flexibility index (Phi) is 8.87. The lowest BCUT2D eigenvalue weighted by Crippen LogP contribution is -2.35. The summed E-state index contributed by atoms with van der Waals surface area (Å²) in [5, 5.41) is 40.1. The molecule has 0 aliphatic carbocycles. The highest BCUT2D eigenvalue weighted by atomic mass is 16.6. The molecule has 0 spiro atoms. The monoisotopic (exact) mass is 606 g/mol. The summed E-state index contributed by atoms with van der Waals surface area (Å²) in [6, 6.07) is 14.5. The van der Waals surface area contributed by atoms with Gasteiger partial charge in [0.05, 0.1) is 54.2 Å². The molecule has 1 aliphatic heterocycles. The number of nitrogens with one attached hydrogen (secondary N) is 1. The molecule has 2 aromatic heterocycles. The summed E-state index contributed by atoms with van der Waals surface area (Å²) in [6.45, 7) is 5.37. The lowest BCUT2D eigenvalue weighted by Gasteiger charge is -2.31. The average molecular weight is 607 g/mol. The van der Waals surface area contributed by atoms with E-state index >= 15 is 0 Å². The minimum absolute atomic E-state index is 0.0423. The predicted molar refractivity (Wildman–Crippen MR) is 158 cm³/mol. The Hall–Kier alpha value is -4.50. The van der Waals surface area contributed by atoms with Crippen molar-refractivity contribution < 1.29 is 24.6 Å². The van der Waals surface area contributed by atoms with Crippen LogP contribution in [0.5, 0.6) is 0 Å². The first-order valence-electron chi connectivity index (χ1n) is 14.1. The van der Waals surface area contributed by atoms with Crippen LogP contribution >= 0.6 is 0 Å². The van der Waals surface area contributed by atoms with Gasteiger partial charge in [-0.2, -0.15) is 0 Å². The van der Waals surface area contributed by atoms with Crippen molar-refractivity contribution in [1.29, 1.82) is 0 Å².